The fraction of sp³-hybridized carbons (Fsp3) is 0.158. The fourth-order valence-electron chi connectivity index (χ4n) is 2.52. The van der Waals surface area contributed by atoms with E-state index in [1.54, 1.807) is 14.2 Å². The molecule has 2 aromatic carbocycles. The number of thiocarbonyl (C=S) groups is 1. The number of aromatic nitrogens is 1. The van der Waals surface area contributed by atoms with Crippen molar-refractivity contribution in [2.45, 2.75) is 6.92 Å². The summed E-state index contributed by atoms with van der Waals surface area (Å²) >= 11 is 5.30. The van der Waals surface area contributed by atoms with Crippen LogP contribution in [0.5, 0.6) is 11.5 Å². The zero-order valence-electron chi connectivity index (χ0n) is 14.8. The summed E-state index contributed by atoms with van der Waals surface area (Å²) in [5, 5.41) is 4.57. The summed E-state index contributed by atoms with van der Waals surface area (Å²) in [4.78, 5) is 4.58. The van der Waals surface area contributed by atoms with Gasteiger partial charge in [-0.1, -0.05) is 0 Å². The van der Waals surface area contributed by atoms with E-state index in [4.69, 9.17) is 21.7 Å². The Morgan fingerprint density at radius 2 is 1.65 bits per heavy atom. The number of nitrogens with zero attached hydrogens (tertiary/aromatic N) is 1. The van der Waals surface area contributed by atoms with E-state index in [2.05, 4.69) is 21.2 Å². The van der Waals surface area contributed by atoms with E-state index < -0.39 is 0 Å². The molecule has 6 nitrogen and oxygen atoms in total. The molecular formula is C19H20N4O2S. The fourth-order valence-corrected chi connectivity index (χ4v) is 2.69. The van der Waals surface area contributed by atoms with Gasteiger partial charge in [0.05, 0.1) is 19.7 Å². The molecule has 0 saturated carbocycles. The predicted molar refractivity (Wildman–Crippen MR) is 109 cm³/mol. The van der Waals surface area contributed by atoms with E-state index in [0.717, 1.165) is 33.7 Å². The van der Waals surface area contributed by atoms with Gasteiger partial charge in [0.25, 0.3) is 0 Å². The third kappa shape index (κ3) is 4.12. The molecule has 0 amide bonds. The lowest BCUT2D eigenvalue weighted by atomic mass is 10.1. The SMILES string of the molecule is COc1ccc(NC(=S)NNc2cc(C)c3cc(OC)ccc3n2)cc1. The lowest BCUT2D eigenvalue weighted by Gasteiger charge is -2.14. The monoisotopic (exact) mass is 368 g/mol. The average molecular weight is 368 g/mol. The number of hydrazine groups is 1. The smallest absolute Gasteiger partial charge is 0.189 e. The van der Waals surface area contributed by atoms with Gasteiger partial charge in [0.1, 0.15) is 17.3 Å². The Morgan fingerprint density at radius 1 is 0.962 bits per heavy atom. The van der Waals surface area contributed by atoms with E-state index in [0.29, 0.717) is 10.9 Å². The highest BCUT2D eigenvalue weighted by Gasteiger charge is 2.05. The molecule has 3 rings (SSSR count). The van der Waals surface area contributed by atoms with Crippen molar-refractivity contribution >= 4 is 39.7 Å². The molecule has 1 aromatic heterocycles. The van der Waals surface area contributed by atoms with E-state index in [1.165, 1.54) is 0 Å². The van der Waals surface area contributed by atoms with Gasteiger partial charge in [0.15, 0.2) is 5.11 Å². The maximum atomic E-state index is 5.30. The van der Waals surface area contributed by atoms with Gasteiger partial charge in [-0.15, -0.1) is 0 Å². The summed E-state index contributed by atoms with van der Waals surface area (Å²) in [5.41, 5.74) is 8.80. The largest absolute Gasteiger partial charge is 0.497 e. The molecule has 134 valence electrons. The molecule has 0 spiro atoms. The molecular weight excluding hydrogens is 348 g/mol. The molecule has 1 heterocycles. The van der Waals surface area contributed by atoms with Crippen molar-refractivity contribution in [3.05, 3.63) is 54.1 Å². The van der Waals surface area contributed by atoms with Crippen LogP contribution in [-0.2, 0) is 0 Å². The van der Waals surface area contributed by atoms with Crippen LogP contribution in [0.3, 0.4) is 0 Å². The van der Waals surface area contributed by atoms with Crippen LogP contribution in [0.4, 0.5) is 11.5 Å². The lowest BCUT2D eigenvalue weighted by molar-refractivity contribution is 0.415. The first kappa shape index (κ1) is 17.8. The van der Waals surface area contributed by atoms with Gasteiger partial charge in [-0.3, -0.25) is 10.9 Å². The van der Waals surface area contributed by atoms with Gasteiger partial charge in [0.2, 0.25) is 0 Å². The molecule has 0 aliphatic heterocycles. The molecule has 0 saturated heterocycles. The van der Waals surface area contributed by atoms with Crippen LogP contribution in [0.1, 0.15) is 5.56 Å². The number of hydrogen-bond donors (Lipinski definition) is 3. The second kappa shape index (κ2) is 7.88. The highest BCUT2D eigenvalue weighted by molar-refractivity contribution is 7.80. The Labute approximate surface area is 157 Å². The Bertz CT molecular complexity index is 929. The molecule has 0 fully saturated rings. The first-order chi connectivity index (χ1) is 12.6. The van der Waals surface area contributed by atoms with Crippen LogP contribution < -0.4 is 25.6 Å². The quantitative estimate of drug-likeness (QED) is 0.466. The summed E-state index contributed by atoms with van der Waals surface area (Å²) in [6, 6.07) is 15.2. The molecule has 0 bridgehead atoms. The molecule has 3 aromatic rings. The first-order valence-electron chi connectivity index (χ1n) is 8.01. The van der Waals surface area contributed by atoms with Crippen LogP contribution in [0, 0.1) is 6.92 Å². The van der Waals surface area contributed by atoms with Crippen LogP contribution in [-0.4, -0.2) is 24.3 Å². The maximum Gasteiger partial charge on any atom is 0.189 e. The summed E-state index contributed by atoms with van der Waals surface area (Å²) in [6.45, 7) is 2.03. The number of nitrogens with one attached hydrogen (secondary N) is 3. The lowest BCUT2D eigenvalue weighted by Crippen LogP contribution is -2.33. The van der Waals surface area contributed by atoms with Gasteiger partial charge in [-0.25, -0.2) is 4.98 Å². The first-order valence-corrected chi connectivity index (χ1v) is 8.42. The number of ether oxygens (including phenoxy) is 2. The summed E-state index contributed by atoms with van der Waals surface area (Å²) in [7, 11) is 3.29. The van der Waals surface area contributed by atoms with Gasteiger partial charge in [-0.05, 0) is 73.2 Å². The van der Waals surface area contributed by atoms with Gasteiger partial charge in [0, 0.05) is 11.1 Å². The highest BCUT2D eigenvalue weighted by atomic mass is 32.1. The van der Waals surface area contributed by atoms with Crippen molar-refractivity contribution in [1.82, 2.24) is 10.4 Å². The minimum absolute atomic E-state index is 0.435. The minimum Gasteiger partial charge on any atom is -0.497 e. The number of hydrogen-bond acceptors (Lipinski definition) is 5. The van der Waals surface area contributed by atoms with Crippen molar-refractivity contribution in [2.24, 2.45) is 0 Å². The number of fused-ring (bicyclic) bond motifs is 1. The maximum absolute atomic E-state index is 5.30. The molecule has 26 heavy (non-hydrogen) atoms. The third-order valence-corrected chi connectivity index (χ3v) is 4.08. The van der Waals surface area contributed by atoms with Crippen molar-refractivity contribution < 1.29 is 9.47 Å². The number of pyridine rings is 1. The third-order valence-electron chi connectivity index (χ3n) is 3.87. The van der Waals surface area contributed by atoms with Gasteiger partial charge < -0.3 is 14.8 Å². The van der Waals surface area contributed by atoms with E-state index in [1.807, 2.05) is 55.5 Å². The molecule has 0 aliphatic carbocycles. The van der Waals surface area contributed by atoms with Crippen LogP contribution in [0.15, 0.2) is 48.5 Å². The van der Waals surface area contributed by atoms with Crippen molar-refractivity contribution in [1.29, 1.82) is 0 Å². The second-order valence-corrected chi connectivity index (χ2v) is 6.05. The summed E-state index contributed by atoms with van der Waals surface area (Å²) in [6.07, 6.45) is 0. The number of aryl methyl sites for hydroxylation is 1. The van der Waals surface area contributed by atoms with Crippen molar-refractivity contribution in [3.63, 3.8) is 0 Å². The molecule has 0 atom stereocenters. The second-order valence-electron chi connectivity index (χ2n) is 5.64. The molecule has 3 N–H and O–H groups in total. The Kier molecular flexibility index (Phi) is 5.38. The summed E-state index contributed by atoms with van der Waals surface area (Å²) < 4.78 is 10.4. The van der Waals surface area contributed by atoms with E-state index in [9.17, 15) is 0 Å². The predicted octanol–water partition coefficient (Wildman–Crippen LogP) is 3.87. The zero-order valence-corrected chi connectivity index (χ0v) is 15.6. The normalized spacial score (nSPS) is 10.3. The molecule has 7 heteroatoms. The van der Waals surface area contributed by atoms with Crippen LogP contribution in [0.25, 0.3) is 10.9 Å². The summed E-state index contributed by atoms with van der Waals surface area (Å²) in [5.74, 6) is 2.28. The molecule has 0 aliphatic rings. The van der Waals surface area contributed by atoms with Crippen molar-refractivity contribution in [2.75, 3.05) is 25.0 Å². The van der Waals surface area contributed by atoms with Gasteiger partial charge in [-0.2, -0.15) is 0 Å². The Morgan fingerprint density at radius 3 is 2.35 bits per heavy atom. The number of benzene rings is 2. The molecule has 0 unspecified atom stereocenters. The number of methoxy groups -OCH3 is 2. The highest BCUT2D eigenvalue weighted by Crippen LogP contribution is 2.24. The molecule has 0 radical (unpaired) electrons. The average Bonchev–Trinajstić information content (AvgIpc) is 2.67. The van der Waals surface area contributed by atoms with Crippen LogP contribution >= 0.6 is 12.2 Å². The van der Waals surface area contributed by atoms with Crippen LogP contribution in [0.2, 0.25) is 0 Å². The number of rotatable bonds is 5. The zero-order chi connectivity index (χ0) is 18.5. The minimum atomic E-state index is 0.435. The van der Waals surface area contributed by atoms with E-state index >= 15 is 0 Å². The van der Waals surface area contributed by atoms with Gasteiger partial charge >= 0.3 is 0 Å². The topological polar surface area (TPSA) is 67.4 Å². The standard InChI is InChI=1S/C19H20N4O2S/c1-12-10-18(21-17-9-8-15(25-3)11-16(12)17)22-23-19(26)20-13-4-6-14(24-2)7-5-13/h4-11H,1-3H3,(H,21,22)(H2,20,23,26). The Hall–Kier alpha value is -3.06. The van der Waals surface area contributed by atoms with E-state index in [-0.39, 0.29) is 0 Å². The number of anilines is 2. The Balaban J connectivity index is 1.65. The van der Waals surface area contributed by atoms with Crippen molar-refractivity contribution in [3.8, 4) is 11.5 Å².